The molecule has 1 heterocycles. The van der Waals surface area contributed by atoms with Crippen molar-refractivity contribution in [3.8, 4) is 0 Å². The minimum atomic E-state index is 0.412. The van der Waals surface area contributed by atoms with Gasteiger partial charge in [-0.3, -0.25) is 4.99 Å². The summed E-state index contributed by atoms with van der Waals surface area (Å²) in [6.45, 7) is 1.79. The zero-order valence-corrected chi connectivity index (χ0v) is 8.30. The molecule has 1 aromatic rings. The average Bonchev–Trinajstić information content (AvgIpc) is 2.67. The Morgan fingerprint density at radius 3 is 2.77 bits per heavy atom. The Kier molecular flexibility index (Phi) is 3.14. The van der Waals surface area contributed by atoms with E-state index in [1.54, 1.807) is 32.4 Å². The van der Waals surface area contributed by atoms with Crippen molar-refractivity contribution < 1.29 is 4.42 Å². The molecule has 0 bridgehead atoms. The fourth-order valence-corrected chi connectivity index (χ4v) is 1.01. The summed E-state index contributed by atoms with van der Waals surface area (Å²) in [5.74, 6) is 0.563. The van der Waals surface area contributed by atoms with E-state index >= 15 is 0 Å². The van der Waals surface area contributed by atoms with Gasteiger partial charge in [-0.15, -0.1) is 0 Å². The summed E-state index contributed by atoms with van der Waals surface area (Å²) < 4.78 is 5.09. The zero-order chi connectivity index (χ0) is 9.84. The molecule has 1 aromatic heterocycles. The Morgan fingerprint density at radius 2 is 2.31 bits per heavy atom. The molecule has 0 aliphatic heterocycles. The van der Waals surface area contributed by atoms with Gasteiger partial charge in [-0.2, -0.15) is 0 Å². The van der Waals surface area contributed by atoms with Gasteiger partial charge in [0.25, 0.3) is 0 Å². The Balaban J connectivity index is 3.06. The third-order valence-corrected chi connectivity index (χ3v) is 2.15. The molecular formula is C9H11ClN2O. The summed E-state index contributed by atoms with van der Waals surface area (Å²) in [6.07, 6.45) is 1.55. The lowest BCUT2D eigenvalue weighted by Crippen LogP contribution is -2.03. The molecule has 0 atom stereocenters. The second kappa shape index (κ2) is 4.14. The van der Waals surface area contributed by atoms with Crippen LogP contribution in [-0.4, -0.2) is 12.8 Å². The first kappa shape index (κ1) is 9.86. The fraction of sp³-hybridized carbons (Fsp3) is 0.222. The fourth-order valence-electron chi connectivity index (χ4n) is 0.833. The maximum Gasteiger partial charge on any atom is 0.151 e. The molecule has 0 saturated carbocycles. The lowest BCUT2D eigenvalue weighted by atomic mass is 10.2. The van der Waals surface area contributed by atoms with Crippen LogP contribution in [0.3, 0.4) is 0 Å². The van der Waals surface area contributed by atoms with Crippen molar-refractivity contribution in [1.29, 1.82) is 0 Å². The molecule has 70 valence electrons. The minimum Gasteiger partial charge on any atom is -0.463 e. The average molecular weight is 199 g/mol. The van der Waals surface area contributed by atoms with Crippen molar-refractivity contribution in [2.75, 3.05) is 7.05 Å². The first-order chi connectivity index (χ1) is 6.16. The maximum absolute atomic E-state index is 5.94. The van der Waals surface area contributed by atoms with Crippen molar-refractivity contribution in [2.24, 2.45) is 10.7 Å². The van der Waals surface area contributed by atoms with Crippen LogP contribution in [0.25, 0.3) is 5.70 Å². The van der Waals surface area contributed by atoms with Gasteiger partial charge < -0.3 is 10.2 Å². The highest BCUT2D eigenvalue weighted by molar-refractivity contribution is 6.46. The highest BCUT2D eigenvalue weighted by Crippen LogP contribution is 2.17. The molecule has 4 heteroatoms. The molecule has 0 aliphatic rings. The van der Waals surface area contributed by atoms with Gasteiger partial charge >= 0.3 is 0 Å². The van der Waals surface area contributed by atoms with Crippen LogP contribution in [0.15, 0.2) is 32.8 Å². The van der Waals surface area contributed by atoms with E-state index in [1.807, 2.05) is 0 Å². The van der Waals surface area contributed by atoms with Crippen molar-refractivity contribution in [3.63, 3.8) is 0 Å². The van der Waals surface area contributed by atoms with Gasteiger partial charge in [-0.1, -0.05) is 11.6 Å². The second-order valence-corrected chi connectivity index (χ2v) is 2.89. The van der Waals surface area contributed by atoms with Gasteiger partial charge in [0.1, 0.15) is 0 Å². The molecule has 0 aromatic carbocycles. The number of furan rings is 1. The quantitative estimate of drug-likeness (QED) is 0.741. The first-order valence-electron chi connectivity index (χ1n) is 3.79. The Hall–Kier alpha value is -1.22. The Labute approximate surface area is 81.9 Å². The van der Waals surface area contributed by atoms with Gasteiger partial charge in [-0.05, 0) is 19.1 Å². The molecule has 1 rings (SSSR count). The Bertz CT molecular complexity index is 339. The van der Waals surface area contributed by atoms with E-state index in [0.717, 1.165) is 0 Å². The number of aliphatic imine (C=N–C) groups is 1. The molecule has 0 spiro atoms. The van der Waals surface area contributed by atoms with Crippen molar-refractivity contribution in [3.05, 3.63) is 29.2 Å². The number of allylic oxidation sites excluding steroid dienone is 1. The number of nitrogens with zero attached hydrogens (tertiary/aromatic N) is 1. The molecular weight excluding hydrogens is 188 g/mol. The van der Waals surface area contributed by atoms with Gasteiger partial charge in [0, 0.05) is 7.05 Å². The first-order valence-corrected chi connectivity index (χ1v) is 4.17. The standard InChI is InChI=1S/C9H11ClN2O/c1-6(12-2)8(10)9(11)7-4-3-5-13-7/h3-5H,11H2,1-2H3. The molecule has 0 saturated heterocycles. The van der Waals surface area contributed by atoms with Crippen LogP contribution in [0.5, 0.6) is 0 Å². The van der Waals surface area contributed by atoms with Gasteiger partial charge in [0.2, 0.25) is 0 Å². The molecule has 0 unspecified atom stereocenters. The predicted molar refractivity (Wildman–Crippen MR) is 54.7 cm³/mol. The Morgan fingerprint density at radius 1 is 1.62 bits per heavy atom. The number of hydrogen-bond acceptors (Lipinski definition) is 3. The van der Waals surface area contributed by atoms with Crippen LogP contribution in [-0.2, 0) is 0 Å². The lowest BCUT2D eigenvalue weighted by molar-refractivity contribution is 0.552. The number of rotatable bonds is 2. The zero-order valence-electron chi connectivity index (χ0n) is 7.54. The maximum atomic E-state index is 5.94. The van der Waals surface area contributed by atoms with Gasteiger partial charge in [0.05, 0.1) is 22.7 Å². The van der Waals surface area contributed by atoms with E-state index in [4.69, 9.17) is 21.8 Å². The van der Waals surface area contributed by atoms with Gasteiger partial charge in [-0.25, -0.2) is 0 Å². The van der Waals surface area contributed by atoms with E-state index in [0.29, 0.717) is 22.2 Å². The lowest BCUT2D eigenvalue weighted by Gasteiger charge is -2.01. The topological polar surface area (TPSA) is 51.5 Å². The molecule has 0 fully saturated rings. The van der Waals surface area contributed by atoms with Crippen molar-refractivity contribution >= 4 is 23.0 Å². The summed E-state index contributed by atoms with van der Waals surface area (Å²) in [5.41, 5.74) is 6.83. The van der Waals surface area contributed by atoms with E-state index in [-0.39, 0.29) is 0 Å². The van der Waals surface area contributed by atoms with E-state index in [9.17, 15) is 0 Å². The SMILES string of the molecule is CN=C(C)C(Cl)=C(N)c1ccco1. The molecule has 0 aliphatic carbocycles. The van der Waals surface area contributed by atoms with Crippen LogP contribution in [0.1, 0.15) is 12.7 Å². The molecule has 0 amide bonds. The number of halogens is 1. The molecule has 13 heavy (non-hydrogen) atoms. The third-order valence-electron chi connectivity index (χ3n) is 1.68. The van der Waals surface area contributed by atoms with Crippen LogP contribution in [0.4, 0.5) is 0 Å². The van der Waals surface area contributed by atoms with Crippen LogP contribution in [0, 0.1) is 0 Å². The summed E-state index contributed by atoms with van der Waals surface area (Å²) >= 11 is 5.94. The molecule has 3 nitrogen and oxygen atoms in total. The summed E-state index contributed by atoms with van der Waals surface area (Å²) in [5, 5.41) is 0.428. The van der Waals surface area contributed by atoms with E-state index in [2.05, 4.69) is 4.99 Å². The largest absolute Gasteiger partial charge is 0.463 e. The minimum absolute atomic E-state index is 0.412. The monoisotopic (exact) mass is 198 g/mol. The summed E-state index contributed by atoms with van der Waals surface area (Å²) in [7, 11) is 1.66. The third kappa shape index (κ3) is 2.12. The number of hydrogen-bond donors (Lipinski definition) is 1. The number of nitrogens with two attached hydrogens (primary N) is 1. The smallest absolute Gasteiger partial charge is 0.151 e. The molecule has 2 N–H and O–H groups in total. The van der Waals surface area contributed by atoms with E-state index < -0.39 is 0 Å². The van der Waals surface area contributed by atoms with Gasteiger partial charge in [0.15, 0.2) is 5.76 Å². The van der Waals surface area contributed by atoms with Crippen molar-refractivity contribution in [1.82, 2.24) is 0 Å². The molecule has 0 radical (unpaired) electrons. The predicted octanol–water partition coefficient (Wildman–Crippen LogP) is 2.24. The summed E-state index contributed by atoms with van der Waals surface area (Å²) in [6, 6.07) is 3.51. The highest BCUT2D eigenvalue weighted by Gasteiger charge is 2.07. The van der Waals surface area contributed by atoms with Crippen LogP contribution < -0.4 is 5.73 Å². The van der Waals surface area contributed by atoms with Crippen molar-refractivity contribution in [2.45, 2.75) is 6.92 Å². The normalized spacial score (nSPS) is 14.2. The van der Waals surface area contributed by atoms with Crippen LogP contribution in [0.2, 0.25) is 0 Å². The highest BCUT2D eigenvalue weighted by atomic mass is 35.5. The van der Waals surface area contributed by atoms with E-state index in [1.165, 1.54) is 0 Å². The second-order valence-electron chi connectivity index (χ2n) is 2.51. The summed E-state index contributed by atoms with van der Waals surface area (Å²) in [4.78, 5) is 3.92. The van der Waals surface area contributed by atoms with Crippen LogP contribution >= 0.6 is 11.6 Å².